The minimum Gasteiger partial charge on any atom is -0.306 e. The highest BCUT2D eigenvalue weighted by Gasteiger charge is 2.10. The lowest BCUT2D eigenvalue weighted by atomic mass is 10.2. The van der Waals surface area contributed by atoms with Crippen LogP contribution < -0.4 is 5.32 Å². The van der Waals surface area contributed by atoms with Gasteiger partial charge in [-0.2, -0.15) is 0 Å². The average molecular weight is 348 g/mol. The van der Waals surface area contributed by atoms with Gasteiger partial charge in [0.15, 0.2) is 0 Å². The molecule has 3 aromatic rings. The molecule has 0 unspecified atom stereocenters. The number of anilines is 1. The van der Waals surface area contributed by atoms with Gasteiger partial charge < -0.3 is 5.32 Å². The van der Waals surface area contributed by atoms with Gasteiger partial charge in [0.1, 0.15) is 23.8 Å². The Morgan fingerprint density at radius 1 is 1.13 bits per heavy atom. The molecule has 0 spiro atoms. The molecule has 0 bridgehead atoms. The van der Waals surface area contributed by atoms with Crippen molar-refractivity contribution >= 4 is 34.9 Å². The maximum Gasteiger partial charge on any atom is 0.256 e. The van der Waals surface area contributed by atoms with E-state index in [1.165, 1.54) is 12.4 Å². The van der Waals surface area contributed by atoms with Crippen LogP contribution in [-0.4, -0.2) is 25.4 Å². The molecule has 0 aliphatic heterocycles. The highest BCUT2D eigenvalue weighted by Crippen LogP contribution is 2.23. The molecule has 0 saturated carbocycles. The number of amides is 1. The van der Waals surface area contributed by atoms with Gasteiger partial charge in [-0.3, -0.25) is 9.36 Å². The number of rotatable bonds is 3. The Bertz CT molecular complexity index is 878. The van der Waals surface area contributed by atoms with Crippen LogP contribution in [0.4, 0.5) is 5.82 Å². The third kappa shape index (κ3) is 3.33. The summed E-state index contributed by atoms with van der Waals surface area (Å²) in [7, 11) is 0. The molecular weight excluding hydrogens is 337 g/mol. The minimum absolute atomic E-state index is 0.316. The van der Waals surface area contributed by atoms with E-state index in [0.717, 1.165) is 5.82 Å². The normalized spacial score (nSPS) is 10.6. The second kappa shape index (κ2) is 6.36. The molecule has 0 aliphatic rings. The third-order valence-electron chi connectivity index (χ3n) is 3.15. The minimum atomic E-state index is -0.337. The van der Waals surface area contributed by atoms with Crippen molar-refractivity contribution in [3.8, 4) is 5.82 Å². The molecular formula is C15H11Cl2N5O. The van der Waals surface area contributed by atoms with Crippen molar-refractivity contribution < 1.29 is 4.79 Å². The Kier molecular flexibility index (Phi) is 4.27. The van der Waals surface area contributed by atoms with Gasteiger partial charge >= 0.3 is 0 Å². The van der Waals surface area contributed by atoms with E-state index < -0.39 is 0 Å². The van der Waals surface area contributed by atoms with Gasteiger partial charge in [0.2, 0.25) is 0 Å². The van der Waals surface area contributed by atoms with Crippen molar-refractivity contribution in [2.45, 2.75) is 6.92 Å². The predicted octanol–water partition coefficient (Wildman–Crippen LogP) is 3.53. The van der Waals surface area contributed by atoms with Crippen molar-refractivity contribution in [2.24, 2.45) is 0 Å². The monoisotopic (exact) mass is 347 g/mol. The molecule has 0 saturated heterocycles. The van der Waals surface area contributed by atoms with Gasteiger partial charge in [-0.1, -0.05) is 23.2 Å². The maximum absolute atomic E-state index is 12.2. The molecule has 0 aliphatic carbocycles. The zero-order valence-corrected chi connectivity index (χ0v) is 13.5. The number of imidazole rings is 1. The third-order valence-corrected chi connectivity index (χ3v) is 3.89. The molecule has 0 atom stereocenters. The molecule has 3 rings (SSSR count). The standard InChI is InChI=1S/C15H11Cl2N5O/c1-9-18-4-5-22(9)14-7-13(19-8-20-14)21-15(23)10-2-3-11(16)12(17)6-10/h2-8H,1H3,(H,19,20,21,23). The quantitative estimate of drug-likeness (QED) is 0.786. The summed E-state index contributed by atoms with van der Waals surface area (Å²) < 4.78 is 1.79. The van der Waals surface area contributed by atoms with Crippen LogP contribution in [0.25, 0.3) is 5.82 Å². The maximum atomic E-state index is 12.2. The van der Waals surface area contributed by atoms with Crippen molar-refractivity contribution in [3.63, 3.8) is 0 Å². The molecule has 0 radical (unpaired) electrons. The molecule has 8 heteroatoms. The molecule has 1 N–H and O–H groups in total. The molecule has 0 fully saturated rings. The fraction of sp³-hybridized carbons (Fsp3) is 0.0667. The number of nitrogens with one attached hydrogen (secondary N) is 1. The molecule has 6 nitrogen and oxygen atoms in total. The number of aromatic nitrogens is 4. The Morgan fingerprint density at radius 2 is 1.96 bits per heavy atom. The molecule has 116 valence electrons. The Hall–Kier alpha value is -2.44. The first-order chi connectivity index (χ1) is 11.0. The van der Waals surface area contributed by atoms with Gasteiger partial charge in [0, 0.05) is 24.0 Å². The first-order valence-corrected chi connectivity index (χ1v) is 7.39. The highest BCUT2D eigenvalue weighted by molar-refractivity contribution is 6.42. The first kappa shape index (κ1) is 15.5. The smallest absolute Gasteiger partial charge is 0.256 e. The number of hydrogen-bond acceptors (Lipinski definition) is 4. The lowest BCUT2D eigenvalue weighted by Crippen LogP contribution is -2.13. The van der Waals surface area contributed by atoms with E-state index in [1.54, 1.807) is 35.2 Å². The number of benzene rings is 1. The summed E-state index contributed by atoms with van der Waals surface area (Å²) in [5.74, 6) is 1.43. The van der Waals surface area contributed by atoms with Gasteiger partial charge in [0.25, 0.3) is 5.91 Å². The number of nitrogens with zero attached hydrogens (tertiary/aromatic N) is 4. The largest absolute Gasteiger partial charge is 0.306 e. The number of aryl methyl sites for hydroxylation is 1. The van der Waals surface area contributed by atoms with Gasteiger partial charge in [0.05, 0.1) is 10.0 Å². The van der Waals surface area contributed by atoms with Crippen molar-refractivity contribution in [1.29, 1.82) is 0 Å². The highest BCUT2D eigenvalue weighted by atomic mass is 35.5. The van der Waals surface area contributed by atoms with E-state index in [-0.39, 0.29) is 5.91 Å². The van der Waals surface area contributed by atoms with E-state index >= 15 is 0 Å². The van der Waals surface area contributed by atoms with E-state index in [4.69, 9.17) is 23.2 Å². The first-order valence-electron chi connectivity index (χ1n) is 6.63. The van der Waals surface area contributed by atoms with E-state index in [2.05, 4.69) is 20.3 Å². The molecule has 1 amide bonds. The van der Waals surface area contributed by atoms with Gasteiger partial charge in [-0.25, -0.2) is 15.0 Å². The van der Waals surface area contributed by atoms with Crippen molar-refractivity contribution in [3.05, 3.63) is 64.4 Å². The summed E-state index contributed by atoms with van der Waals surface area (Å²) in [5.41, 5.74) is 0.387. The molecule has 1 aromatic carbocycles. The van der Waals surface area contributed by atoms with Crippen LogP contribution in [0.15, 0.2) is 43.0 Å². The number of halogens is 2. The molecule has 2 heterocycles. The summed E-state index contributed by atoms with van der Waals surface area (Å²) in [6.45, 7) is 1.86. The fourth-order valence-corrected chi connectivity index (χ4v) is 2.29. The van der Waals surface area contributed by atoms with Crippen LogP contribution in [0.1, 0.15) is 16.2 Å². The zero-order chi connectivity index (χ0) is 16.4. The Labute approximate surface area is 142 Å². The summed E-state index contributed by atoms with van der Waals surface area (Å²) in [5, 5.41) is 3.41. The lowest BCUT2D eigenvalue weighted by Gasteiger charge is -2.08. The SMILES string of the molecule is Cc1nccn1-c1cc(NC(=O)c2ccc(Cl)c(Cl)c2)ncn1. The summed E-state index contributed by atoms with van der Waals surface area (Å²) in [4.78, 5) is 24.6. The number of hydrogen-bond donors (Lipinski definition) is 1. The van der Waals surface area contributed by atoms with Gasteiger partial charge in [-0.15, -0.1) is 0 Å². The zero-order valence-electron chi connectivity index (χ0n) is 12.0. The van der Waals surface area contributed by atoms with Crippen LogP contribution in [0.3, 0.4) is 0 Å². The molecule has 23 heavy (non-hydrogen) atoms. The van der Waals surface area contributed by atoms with Crippen LogP contribution in [0.2, 0.25) is 10.0 Å². The van der Waals surface area contributed by atoms with Crippen molar-refractivity contribution in [2.75, 3.05) is 5.32 Å². The molecule has 2 aromatic heterocycles. The van der Waals surface area contributed by atoms with E-state index in [1.807, 2.05) is 6.92 Å². The average Bonchev–Trinajstić information content (AvgIpc) is 2.96. The number of carbonyl (C=O) groups excluding carboxylic acids is 1. The lowest BCUT2D eigenvalue weighted by molar-refractivity contribution is 0.102. The summed E-state index contributed by atoms with van der Waals surface area (Å²) >= 11 is 11.8. The van der Waals surface area contributed by atoms with Crippen molar-refractivity contribution in [1.82, 2.24) is 19.5 Å². The number of carbonyl (C=O) groups is 1. The Balaban J connectivity index is 1.84. The van der Waals surface area contributed by atoms with E-state index in [9.17, 15) is 4.79 Å². The summed E-state index contributed by atoms with van der Waals surface area (Å²) in [6, 6.07) is 6.32. The fourth-order valence-electron chi connectivity index (χ4n) is 1.99. The predicted molar refractivity (Wildman–Crippen MR) is 88.3 cm³/mol. The van der Waals surface area contributed by atoms with Crippen LogP contribution in [0.5, 0.6) is 0 Å². The topological polar surface area (TPSA) is 72.7 Å². The second-order valence-electron chi connectivity index (χ2n) is 4.69. The Morgan fingerprint density at radius 3 is 2.65 bits per heavy atom. The van der Waals surface area contributed by atoms with E-state index in [0.29, 0.717) is 27.2 Å². The summed E-state index contributed by atoms with van der Waals surface area (Å²) in [6.07, 6.45) is 4.83. The van der Waals surface area contributed by atoms with Crippen LogP contribution in [-0.2, 0) is 0 Å². The van der Waals surface area contributed by atoms with Crippen LogP contribution in [0, 0.1) is 6.92 Å². The van der Waals surface area contributed by atoms with Gasteiger partial charge in [-0.05, 0) is 25.1 Å². The van der Waals surface area contributed by atoms with Crippen LogP contribution >= 0.6 is 23.2 Å². The second-order valence-corrected chi connectivity index (χ2v) is 5.50.